The zero-order valence-electron chi connectivity index (χ0n) is 12.2. The fraction of sp³-hybridized carbons (Fsp3) is 0.267. The van der Waals surface area contributed by atoms with E-state index in [1.807, 2.05) is 16.8 Å². The number of nitrogens with one attached hydrogen (secondary N) is 1. The summed E-state index contributed by atoms with van der Waals surface area (Å²) in [6.07, 6.45) is 0. The normalized spacial score (nSPS) is 11.9. The molecule has 0 bridgehead atoms. The minimum Gasteiger partial charge on any atom is -0.480 e. The van der Waals surface area contributed by atoms with Gasteiger partial charge in [-0.2, -0.15) is 11.3 Å². The Labute approximate surface area is 131 Å². The molecule has 1 amide bonds. The summed E-state index contributed by atoms with van der Waals surface area (Å²) >= 11 is 1.57. The van der Waals surface area contributed by atoms with Gasteiger partial charge in [0.05, 0.1) is 23.6 Å². The highest BCUT2D eigenvalue weighted by molar-refractivity contribution is 7.08. The number of thiophene rings is 1. The Morgan fingerprint density at radius 1 is 1.41 bits per heavy atom. The minimum atomic E-state index is -1.14. The van der Waals surface area contributed by atoms with Crippen LogP contribution in [0.1, 0.15) is 16.1 Å². The molecule has 0 radical (unpaired) electrons. The van der Waals surface area contributed by atoms with Gasteiger partial charge < -0.3 is 15.2 Å². The number of carboxylic acid groups (broad SMARTS) is 1. The molecule has 2 aromatic heterocycles. The molecule has 0 aromatic carbocycles. The van der Waals surface area contributed by atoms with Gasteiger partial charge >= 0.3 is 5.97 Å². The fourth-order valence-electron chi connectivity index (χ4n) is 1.95. The molecule has 0 fully saturated rings. The predicted molar refractivity (Wildman–Crippen MR) is 83.1 cm³/mol. The third-order valence-corrected chi connectivity index (χ3v) is 3.77. The second-order valence-corrected chi connectivity index (χ2v) is 5.44. The van der Waals surface area contributed by atoms with Crippen LogP contribution in [0.25, 0.3) is 11.3 Å². The quantitative estimate of drug-likeness (QED) is 0.849. The van der Waals surface area contributed by atoms with E-state index in [2.05, 4.69) is 10.3 Å². The molecule has 2 heterocycles. The maximum atomic E-state index is 12.2. The van der Waals surface area contributed by atoms with Crippen LogP contribution in [0.2, 0.25) is 0 Å². The molecule has 22 heavy (non-hydrogen) atoms. The van der Waals surface area contributed by atoms with Crippen molar-refractivity contribution < 1.29 is 19.4 Å². The SMILES string of the molecule is COCC(NC(=O)c1ccc(-c2ccsc2)nc1C)C(=O)O. The molecule has 2 rings (SSSR count). The molecule has 0 aliphatic carbocycles. The lowest BCUT2D eigenvalue weighted by Gasteiger charge is -2.14. The van der Waals surface area contributed by atoms with Crippen molar-refractivity contribution in [1.82, 2.24) is 10.3 Å². The summed E-state index contributed by atoms with van der Waals surface area (Å²) in [6.45, 7) is 1.62. The van der Waals surface area contributed by atoms with E-state index in [-0.39, 0.29) is 6.61 Å². The third-order valence-electron chi connectivity index (χ3n) is 3.08. The summed E-state index contributed by atoms with van der Waals surface area (Å²) < 4.78 is 4.79. The second kappa shape index (κ2) is 7.15. The molecule has 0 spiro atoms. The number of aromatic nitrogens is 1. The van der Waals surface area contributed by atoms with Crippen molar-refractivity contribution in [3.8, 4) is 11.3 Å². The van der Waals surface area contributed by atoms with E-state index in [1.54, 1.807) is 30.4 Å². The summed E-state index contributed by atoms with van der Waals surface area (Å²) in [6, 6.07) is 4.26. The predicted octanol–water partition coefficient (Wildman–Crippen LogP) is 1.95. The van der Waals surface area contributed by atoms with Gasteiger partial charge in [0.1, 0.15) is 0 Å². The molecular weight excluding hydrogens is 304 g/mol. The van der Waals surface area contributed by atoms with Gasteiger partial charge in [-0.05, 0) is 30.5 Å². The first kappa shape index (κ1) is 16.1. The summed E-state index contributed by atoms with van der Waals surface area (Å²) in [4.78, 5) is 27.6. The first-order chi connectivity index (χ1) is 10.5. The van der Waals surface area contributed by atoms with E-state index < -0.39 is 17.9 Å². The molecule has 0 saturated carbocycles. The van der Waals surface area contributed by atoms with Crippen LogP contribution in [-0.4, -0.2) is 41.7 Å². The van der Waals surface area contributed by atoms with Crippen molar-refractivity contribution in [2.24, 2.45) is 0 Å². The molecule has 0 saturated heterocycles. The smallest absolute Gasteiger partial charge is 0.328 e. The monoisotopic (exact) mass is 320 g/mol. The number of carboxylic acids is 1. The van der Waals surface area contributed by atoms with Gasteiger partial charge in [0, 0.05) is 18.1 Å². The Bertz CT molecular complexity index is 670. The van der Waals surface area contributed by atoms with Gasteiger partial charge in [0.2, 0.25) is 0 Å². The number of rotatable bonds is 6. The van der Waals surface area contributed by atoms with Gasteiger partial charge in [-0.1, -0.05) is 0 Å². The van der Waals surface area contributed by atoms with Gasteiger partial charge in [-0.15, -0.1) is 0 Å². The number of ether oxygens (including phenoxy) is 1. The number of nitrogens with zero attached hydrogens (tertiary/aromatic N) is 1. The first-order valence-corrected chi connectivity index (χ1v) is 7.50. The average Bonchev–Trinajstić information content (AvgIpc) is 3.00. The summed E-state index contributed by atoms with van der Waals surface area (Å²) in [5.41, 5.74) is 2.66. The molecule has 1 unspecified atom stereocenters. The van der Waals surface area contributed by atoms with Crippen molar-refractivity contribution in [2.45, 2.75) is 13.0 Å². The lowest BCUT2D eigenvalue weighted by atomic mass is 10.1. The second-order valence-electron chi connectivity index (χ2n) is 4.66. The van der Waals surface area contributed by atoms with Crippen LogP contribution in [0.5, 0.6) is 0 Å². The molecule has 1 atom stereocenters. The standard InChI is InChI=1S/C15H16N2O4S/c1-9-11(14(18)17-13(7-21-2)15(19)20)3-4-12(16-9)10-5-6-22-8-10/h3-6,8,13H,7H2,1-2H3,(H,17,18)(H,19,20). The largest absolute Gasteiger partial charge is 0.480 e. The molecule has 116 valence electrons. The van der Waals surface area contributed by atoms with Gasteiger partial charge in [0.15, 0.2) is 6.04 Å². The van der Waals surface area contributed by atoms with Crippen molar-refractivity contribution in [3.05, 3.63) is 40.2 Å². The van der Waals surface area contributed by atoms with E-state index in [0.29, 0.717) is 11.3 Å². The number of aryl methyl sites for hydroxylation is 1. The molecule has 6 nitrogen and oxygen atoms in total. The zero-order chi connectivity index (χ0) is 16.1. The number of methoxy groups -OCH3 is 1. The Hall–Kier alpha value is -2.25. The highest BCUT2D eigenvalue weighted by atomic mass is 32.1. The summed E-state index contributed by atoms with van der Waals surface area (Å²) in [5.74, 6) is -1.62. The maximum absolute atomic E-state index is 12.2. The Morgan fingerprint density at radius 2 is 2.18 bits per heavy atom. The minimum absolute atomic E-state index is 0.0967. The van der Waals surface area contributed by atoms with E-state index in [4.69, 9.17) is 9.84 Å². The van der Waals surface area contributed by atoms with Gasteiger partial charge in [-0.25, -0.2) is 4.79 Å². The number of carbonyl (C=O) groups is 2. The van der Waals surface area contributed by atoms with Crippen LogP contribution in [-0.2, 0) is 9.53 Å². The van der Waals surface area contributed by atoms with Crippen molar-refractivity contribution in [2.75, 3.05) is 13.7 Å². The Balaban J connectivity index is 2.18. The molecular formula is C15H16N2O4S. The van der Waals surface area contributed by atoms with Crippen LogP contribution in [0, 0.1) is 6.92 Å². The summed E-state index contributed by atoms with van der Waals surface area (Å²) in [5, 5.41) is 15.4. The van der Waals surface area contributed by atoms with E-state index >= 15 is 0 Å². The van der Waals surface area contributed by atoms with Crippen LogP contribution in [0.4, 0.5) is 0 Å². The zero-order valence-corrected chi connectivity index (χ0v) is 13.0. The van der Waals surface area contributed by atoms with Crippen LogP contribution in [0.15, 0.2) is 29.0 Å². The molecule has 2 aromatic rings. The topological polar surface area (TPSA) is 88.5 Å². The molecule has 0 aliphatic heterocycles. The van der Waals surface area contributed by atoms with Gasteiger partial charge in [-0.3, -0.25) is 9.78 Å². The van der Waals surface area contributed by atoms with Crippen molar-refractivity contribution in [3.63, 3.8) is 0 Å². The van der Waals surface area contributed by atoms with Gasteiger partial charge in [0.25, 0.3) is 5.91 Å². The number of amides is 1. The Kier molecular flexibility index (Phi) is 5.24. The molecule has 0 aliphatic rings. The lowest BCUT2D eigenvalue weighted by Crippen LogP contribution is -2.44. The number of aliphatic carboxylic acids is 1. The van der Waals surface area contributed by atoms with Crippen LogP contribution in [0.3, 0.4) is 0 Å². The summed E-state index contributed by atoms with van der Waals surface area (Å²) in [7, 11) is 1.38. The van der Waals surface area contributed by atoms with Crippen LogP contribution >= 0.6 is 11.3 Å². The lowest BCUT2D eigenvalue weighted by molar-refractivity contribution is -0.140. The Morgan fingerprint density at radius 3 is 2.73 bits per heavy atom. The number of carbonyl (C=O) groups excluding carboxylic acids is 1. The highest BCUT2D eigenvalue weighted by Gasteiger charge is 2.21. The van der Waals surface area contributed by atoms with Crippen molar-refractivity contribution in [1.29, 1.82) is 0 Å². The first-order valence-electron chi connectivity index (χ1n) is 6.55. The molecule has 7 heteroatoms. The van der Waals surface area contributed by atoms with E-state index in [9.17, 15) is 9.59 Å². The maximum Gasteiger partial charge on any atom is 0.328 e. The fourth-order valence-corrected chi connectivity index (χ4v) is 2.60. The average molecular weight is 320 g/mol. The highest BCUT2D eigenvalue weighted by Crippen LogP contribution is 2.21. The van der Waals surface area contributed by atoms with E-state index in [1.165, 1.54) is 7.11 Å². The number of hydrogen-bond acceptors (Lipinski definition) is 5. The van der Waals surface area contributed by atoms with Crippen LogP contribution < -0.4 is 5.32 Å². The van der Waals surface area contributed by atoms with Crippen molar-refractivity contribution >= 4 is 23.2 Å². The third kappa shape index (κ3) is 3.69. The number of pyridine rings is 1. The number of hydrogen-bond donors (Lipinski definition) is 2. The van der Waals surface area contributed by atoms with E-state index in [0.717, 1.165) is 11.3 Å². The molecule has 2 N–H and O–H groups in total.